The number of amides is 2. The van der Waals surface area contributed by atoms with Crippen LogP contribution in [0.25, 0.3) is 0 Å². The minimum Gasteiger partial charge on any atom is -0.401 e. The molecule has 0 radical (unpaired) electrons. The molecule has 1 heterocycles. The molecule has 1 aromatic carbocycles. The van der Waals surface area contributed by atoms with Crippen molar-refractivity contribution in [3.63, 3.8) is 0 Å². The Kier molecular flexibility index (Phi) is 7.43. The van der Waals surface area contributed by atoms with Crippen molar-refractivity contribution < 1.29 is 18.0 Å². The molecule has 0 bridgehead atoms. The Bertz CT molecular complexity index is 852. The Morgan fingerprint density at radius 1 is 1.21 bits per heavy atom. The molecule has 156 valence electrons. The molecule has 0 saturated carbocycles. The van der Waals surface area contributed by atoms with Gasteiger partial charge in [0, 0.05) is 11.9 Å². The van der Waals surface area contributed by atoms with E-state index in [1.165, 1.54) is 35.5 Å². The van der Waals surface area contributed by atoms with E-state index in [-0.39, 0.29) is 11.4 Å². The number of urea groups is 1. The number of nitrogens with one attached hydrogen (secondary N) is 2. The van der Waals surface area contributed by atoms with Gasteiger partial charge < -0.3 is 16.4 Å². The number of pyridine rings is 1. The summed E-state index contributed by atoms with van der Waals surface area (Å²) in [7, 11) is 0. The van der Waals surface area contributed by atoms with Gasteiger partial charge in [-0.25, -0.2) is 15.6 Å². The van der Waals surface area contributed by atoms with Crippen molar-refractivity contribution in [3.05, 3.63) is 60.1 Å². The lowest BCUT2D eigenvalue weighted by Gasteiger charge is -2.15. The third kappa shape index (κ3) is 6.68. The largest absolute Gasteiger partial charge is 0.418 e. The molecular weight excluding hydrogens is 385 g/mol. The Balaban J connectivity index is 2.01. The number of benzene rings is 1. The average Bonchev–Trinajstić information content (AvgIpc) is 2.66. The molecule has 0 unspecified atom stereocenters. The van der Waals surface area contributed by atoms with Gasteiger partial charge in [0.1, 0.15) is 5.82 Å². The Hall–Kier alpha value is -3.27. The molecule has 0 fully saturated rings. The van der Waals surface area contributed by atoms with E-state index in [0.717, 1.165) is 18.9 Å². The number of hydrogen-bond acceptors (Lipinski definition) is 5. The van der Waals surface area contributed by atoms with E-state index in [0.29, 0.717) is 17.9 Å². The van der Waals surface area contributed by atoms with Crippen LogP contribution in [-0.2, 0) is 6.18 Å². The van der Waals surface area contributed by atoms with Crippen molar-refractivity contribution in [3.8, 4) is 0 Å². The Morgan fingerprint density at radius 2 is 1.93 bits per heavy atom. The van der Waals surface area contributed by atoms with E-state index >= 15 is 0 Å². The molecular formula is C19H23F3N6O. The maximum absolute atomic E-state index is 13.0. The SMILES string of the molecule is CCCC/C(N)=C/N(N)c1ccc(NC(=O)Nc2ccccc2C(F)(F)F)cn1. The van der Waals surface area contributed by atoms with Crippen molar-refractivity contribution >= 4 is 23.2 Å². The summed E-state index contributed by atoms with van der Waals surface area (Å²) in [6.07, 6.45) is 0.978. The molecule has 2 aromatic rings. The van der Waals surface area contributed by atoms with Crippen LogP contribution >= 0.6 is 0 Å². The van der Waals surface area contributed by atoms with E-state index in [1.54, 1.807) is 12.3 Å². The number of rotatable bonds is 7. The van der Waals surface area contributed by atoms with Crippen LogP contribution in [0.5, 0.6) is 0 Å². The fourth-order valence-corrected chi connectivity index (χ4v) is 2.43. The van der Waals surface area contributed by atoms with Gasteiger partial charge in [-0.2, -0.15) is 13.2 Å². The highest BCUT2D eigenvalue weighted by Gasteiger charge is 2.33. The predicted octanol–water partition coefficient (Wildman–Crippen LogP) is 4.41. The Morgan fingerprint density at radius 3 is 2.55 bits per heavy atom. The van der Waals surface area contributed by atoms with Crippen LogP contribution in [0, 0.1) is 0 Å². The quantitative estimate of drug-likeness (QED) is 0.401. The third-order valence-electron chi connectivity index (χ3n) is 3.87. The topological polar surface area (TPSA) is 109 Å². The van der Waals surface area contributed by atoms with Gasteiger partial charge in [0.15, 0.2) is 0 Å². The number of para-hydroxylation sites is 1. The minimum atomic E-state index is -4.58. The van der Waals surface area contributed by atoms with Crippen molar-refractivity contribution in [1.29, 1.82) is 0 Å². The number of allylic oxidation sites excluding steroid dienone is 1. The molecule has 0 aliphatic heterocycles. The summed E-state index contributed by atoms with van der Waals surface area (Å²) in [4.78, 5) is 16.2. The molecule has 0 aliphatic carbocycles. The molecule has 1 aromatic heterocycles. The summed E-state index contributed by atoms with van der Waals surface area (Å²) in [5, 5.41) is 5.87. The van der Waals surface area contributed by atoms with E-state index in [9.17, 15) is 18.0 Å². The van der Waals surface area contributed by atoms with Crippen LogP contribution in [0.15, 0.2) is 54.5 Å². The molecule has 10 heteroatoms. The summed E-state index contributed by atoms with van der Waals surface area (Å²) < 4.78 is 39.0. The number of alkyl halides is 3. The number of anilines is 3. The second-order valence-corrected chi connectivity index (χ2v) is 6.24. The molecule has 0 spiro atoms. The van der Waals surface area contributed by atoms with E-state index in [1.807, 2.05) is 0 Å². The highest BCUT2D eigenvalue weighted by Crippen LogP contribution is 2.34. The number of halogens is 3. The lowest BCUT2D eigenvalue weighted by Crippen LogP contribution is -2.27. The van der Waals surface area contributed by atoms with Crippen LogP contribution in [0.3, 0.4) is 0 Å². The normalized spacial score (nSPS) is 11.8. The summed E-state index contributed by atoms with van der Waals surface area (Å²) in [5.41, 5.74) is 5.49. The molecule has 29 heavy (non-hydrogen) atoms. The van der Waals surface area contributed by atoms with Gasteiger partial charge in [0.05, 0.1) is 23.1 Å². The number of hydrazine groups is 1. The fraction of sp³-hybridized carbons (Fsp3) is 0.263. The van der Waals surface area contributed by atoms with Gasteiger partial charge >= 0.3 is 12.2 Å². The summed E-state index contributed by atoms with van der Waals surface area (Å²) >= 11 is 0. The number of nitrogens with zero attached hydrogens (tertiary/aromatic N) is 2. The second-order valence-electron chi connectivity index (χ2n) is 6.24. The highest BCUT2D eigenvalue weighted by atomic mass is 19.4. The lowest BCUT2D eigenvalue weighted by molar-refractivity contribution is -0.136. The maximum Gasteiger partial charge on any atom is 0.418 e. The van der Waals surface area contributed by atoms with Crippen LogP contribution in [0.1, 0.15) is 31.7 Å². The van der Waals surface area contributed by atoms with Gasteiger partial charge in [-0.1, -0.05) is 25.5 Å². The first kappa shape index (κ1) is 22.0. The van der Waals surface area contributed by atoms with E-state index in [2.05, 4.69) is 22.5 Å². The molecule has 2 amide bonds. The summed E-state index contributed by atoms with van der Waals surface area (Å²) in [5.74, 6) is 6.27. The zero-order valence-corrected chi connectivity index (χ0v) is 15.8. The van der Waals surface area contributed by atoms with Crippen LogP contribution in [0.4, 0.5) is 35.2 Å². The molecule has 0 saturated heterocycles. The smallest absolute Gasteiger partial charge is 0.401 e. The van der Waals surface area contributed by atoms with Gasteiger partial charge in [0.2, 0.25) is 0 Å². The predicted molar refractivity (Wildman–Crippen MR) is 107 cm³/mol. The summed E-state index contributed by atoms with van der Waals surface area (Å²) in [6.45, 7) is 2.05. The molecule has 0 aliphatic rings. The molecule has 2 rings (SSSR count). The van der Waals surface area contributed by atoms with Gasteiger partial charge in [-0.3, -0.25) is 5.01 Å². The monoisotopic (exact) mass is 408 g/mol. The van der Waals surface area contributed by atoms with Gasteiger partial charge in [-0.15, -0.1) is 0 Å². The minimum absolute atomic E-state index is 0.284. The fourth-order valence-electron chi connectivity index (χ4n) is 2.43. The van der Waals surface area contributed by atoms with Crippen LogP contribution in [-0.4, -0.2) is 11.0 Å². The van der Waals surface area contributed by atoms with Crippen LogP contribution in [0.2, 0.25) is 0 Å². The first-order chi connectivity index (χ1) is 13.7. The van der Waals surface area contributed by atoms with Gasteiger partial charge in [-0.05, 0) is 37.1 Å². The van der Waals surface area contributed by atoms with Crippen molar-refractivity contribution in [2.75, 3.05) is 15.6 Å². The average molecular weight is 408 g/mol. The third-order valence-corrected chi connectivity index (χ3v) is 3.87. The van der Waals surface area contributed by atoms with Crippen molar-refractivity contribution in [1.82, 2.24) is 4.98 Å². The zero-order chi connectivity index (χ0) is 21.4. The lowest BCUT2D eigenvalue weighted by atomic mass is 10.1. The first-order valence-electron chi connectivity index (χ1n) is 8.91. The first-order valence-corrected chi connectivity index (χ1v) is 8.91. The van der Waals surface area contributed by atoms with Crippen LogP contribution < -0.4 is 27.2 Å². The summed E-state index contributed by atoms with van der Waals surface area (Å²) in [6, 6.07) is 6.95. The standard InChI is InChI=1S/C19H23F3N6O/c1-2-3-6-13(23)12-28(24)17-10-9-14(11-25-17)26-18(29)27-16-8-5-4-7-15(16)19(20,21)22/h4-5,7-12H,2-3,6,23-24H2,1H3,(H2,26,27,29)/b13-12-. The van der Waals surface area contributed by atoms with Crippen molar-refractivity contribution in [2.45, 2.75) is 32.4 Å². The number of carbonyl (C=O) groups excluding carboxylic acids is 1. The molecule has 7 nitrogen and oxygen atoms in total. The van der Waals surface area contributed by atoms with E-state index in [4.69, 9.17) is 11.6 Å². The van der Waals surface area contributed by atoms with Gasteiger partial charge in [0.25, 0.3) is 0 Å². The van der Waals surface area contributed by atoms with Crippen molar-refractivity contribution in [2.24, 2.45) is 11.6 Å². The number of nitrogens with two attached hydrogens (primary N) is 2. The maximum atomic E-state index is 13.0. The molecule has 0 atom stereocenters. The number of aromatic nitrogens is 1. The Labute approximate surface area is 166 Å². The molecule has 6 N–H and O–H groups in total. The zero-order valence-electron chi connectivity index (χ0n) is 15.8. The second kappa shape index (κ2) is 9.78. The number of carbonyl (C=O) groups is 1. The number of hydrogen-bond donors (Lipinski definition) is 4. The number of unbranched alkanes of at least 4 members (excludes halogenated alkanes) is 1. The highest BCUT2D eigenvalue weighted by molar-refractivity contribution is 6.00. The van der Waals surface area contributed by atoms with E-state index < -0.39 is 17.8 Å².